The lowest BCUT2D eigenvalue weighted by Gasteiger charge is -2.17. The highest BCUT2D eigenvalue weighted by Gasteiger charge is 2.33. The monoisotopic (exact) mass is 436 g/mol. The fourth-order valence-corrected chi connectivity index (χ4v) is 3.26. The minimum atomic E-state index is -3.34. The number of carbonyl (C=O) groups is 1. The molecule has 6 nitrogen and oxygen atoms in total. The van der Waals surface area contributed by atoms with E-state index in [0.29, 0.717) is 5.75 Å². The first kappa shape index (κ1) is 21.9. The molecule has 1 fully saturated rings. The Balaban J connectivity index is 1.86. The summed E-state index contributed by atoms with van der Waals surface area (Å²) in [4.78, 5) is 16.7. The highest BCUT2D eigenvalue weighted by atomic mass is 32.2. The first-order valence-electron chi connectivity index (χ1n) is 9.34. The zero-order valence-electron chi connectivity index (χ0n) is 16.5. The second-order valence-electron chi connectivity index (χ2n) is 7.35. The first-order valence-corrected chi connectivity index (χ1v) is 11.3. The molecule has 0 radical (unpaired) electrons. The molecule has 0 bridgehead atoms. The highest BCUT2D eigenvalue weighted by Crippen LogP contribution is 2.36. The van der Waals surface area contributed by atoms with Crippen LogP contribution in [0.25, 0.3) is 0 Å². The fraction of sp³-hybridized carbons (Fsp3) is 0.333. The first-order chi connectivity index (χ1) is 14.0. The molecule has 30 heavy (non-hydrogen) atoms. The standard InChI is InChI=1S/C21H22F2N2O4S/c1-21(22,23)16-10-11-18(25-20(16)29-15-6-4-3-5-7-15)19(26)24-17(14-8-9-14)12-13-30(2,27)28/h3-7,10-14,17H,8-9H2,1-2H3,(H,24,26)/b13-12+/t17-/m1/s1. The Morgan fingerprint density at radius 3 is 2.47 bits per heavy atom. The molecule has 1 N–H and O–H groups in total. The minimum Gasteiger partial charge on any atom is -0.438 e. The lowest BCUT2D eigenvalue weighted by Crippen LogP contribution is -2.35. The van der Waals surface area contributed by atoms with Crippen molar-refractivity contribution in [1.29, 1.82) is 0 Å². The number of nitrogens with one attached hydrogen (secondary N) is 1. The average Bonchev–Trinajstić information content (AvgIpc) is 3.49. The Hall–Kier alpha value is -2.81. The molecule has 1 aromatic carbocycles. The van der Waals surface area contributed by atoms with Gasteiger partial charge in [0.1, 0.15) is 11.4 Å². The average molecular weight is 436 g/mol. The summed E-state index contributed by atoms with van der Waals surface area (Å²) in [5, 5.41) is 3.77. The summed E-state index contributed by atoms with van der Waals surface area (Å²) in [5.41, 5.74) is -0.550. The summed E-state index contributed by atoms with van der Waals surface area (Å²) in [5.74, 6) is -3.75. The van der Waals surface area contributed by atoms with E-state index in [4.69, 9.17) is 4.74 Å². The van der Waals surface area contributed by atoms with E-state index in [1.807, 2.05) is 0 Å². The van der Waals surface area contributed by atoms with Crippen molar-refractivity contribution in [3.05, 3.63) is 65.2 Å². The van der Waals surface area contributed by atoms with Gasteiger partial charge in [0.15, 0.2) is 9.84 Å². The Labute approximate surface area is 173 Å². The Bertz CT molecular complexity index is 1050. The summed E-state index contributed by atoms with van der Waals surface area (Å²) < 4.78 is 56.3. The van der Waals surface area contributed by atoms with Crippen molar-refractivity contribution >= 4 is 15.7 Å². The van der Waals surface area contributed by atoms with Crippen LogP contribution in [0.4, 0.5) is 8.78 Å². The number of hydrogen-bond donors (Lipinski definition) is 1. The number of amides is 1. The lowest BCUT2D eigenvalue weighted by atomic mass is 10.1. The molecule has 0 spiro atoms. The lowest BCUT2D eigenvalue weighted by molar-refractivity contribution is 0.0149. The van der Waals surface area contributed by atoms with E-state index < -0.39 is 33.3 Å². The van der Waals surface area contributed by atoms with Crippen LogP contribution in [0.3, 0.4) is 0 Å². The van der Waals surface area contributed by atoms with Crippen molar-refractivity contribution in [2.75, 3.05) is 6.26 Å². The SMILES string of the molecule is CC(F)(F)c1ccc(C(=O)N[C@H](/C=C/S(C)(=O)=O)C2CC2)nc1Oc1ccccc1. The van der Waals surface area contributed by atoms with Gasteiger partial charge in [0.2, 0.25) is 5.88 Å². The number of aromatic nitrogens is 1. The molecule has 160 valence electrons. The van der Waals surface area contributed by atoms with Gasteiger partial charge in [0, 0.05) is 18.6 Å². The molecule has 0 saturated heterocycles. The number of pyridine rings is 1. The maximum atomic E-state index is 14.0. The molecule has 1 aromatic heterocycles. The number of alkyl halides is 2. The molecule has 0 aliphatic heterocycles. The highest BCUT2D eigenvalue weighted by molar-refractivity contribution is 7.93. The van der Waals surface area contributed by atoms with Gasteiger partial charge in [-0.3, -0.25) is 4.79 Å². The number of benzene rings is 1. The van der Waals surface area contributed by atoms with E-state index in [1.165, 1.54) is 12.1 Å². The minimum absolute atomic E-state index is 0.104. The number of rotatable bonds is 8. The van der Waals surface area contributed by atoms with Crippen molar-refractivity contribution in [3.63, 3.8) is 0 Å². The molecule has 2 aromatic rings. The van der Waals surface area contributed by atoms with E-state index in [1.54, 1.807) is 30.3 Å². The summed E-state index contributed by atoms with van der Waals surface area (Å²) in [6.45, 7) is 0.723. The third-order valence-corrected chi connectivity index (χ3v) is 5.14. The second kappa shape index (κ2) is 8.51. The van der Waals surface area contributed by atoms with Gasteiger partial charge >= 0.3 is 0 Å². The number of sulfone groups is 1. The van der Waals surface area contributed by atoms with Crippen LogP contribution < -0.4 is 10.1 Å². The summed E-state index contributed by atoms with van der Waals surface area (Å²) in [6.07, 6.45) is 4.21. The predicted octanol–water partition coefficient (Wildman–Crippen LogP) is 4.05. The number of para-hydroxylation sites is 1. The third-order valence-electron chi connectivity index (χ3n) is 4.48. The molecular weight excluding hydrogens is 414 g/mol. The fourth-order valence-electron chi connectivity index (χ4n) is 2.81. The van der Waals surface area contributed by atoms with E-state index in [9.17, 15) is 22.0 Å². The Kier molecular flexibility index (Phi) is 6.21. The van der Waals surface area contributed by atoms with Crippen LogP contribution in [-0.4, -0.2) is 31.6 Å². The van der Waals surface area contributed by atoms with Crippen molar-refractivity contribution in [3.8, 4) is 11.6 Å². The maximum Gasteiger partial charge on any atom is 0.275 e. The number of hydrogen-bond acceptors (Lipinski definition) is 5. The zero-order chi connectivity index (χ0) is 21.9. The Morgan fingerprint density at radius 1 is 1.23 bits per heavy atom. The number of nitrogens with zero attached hydrogens (tertiary/aromatic N) is 1. The van der Waals surface area contributed by atoms with Crippen LogP contribution in [-0.2, 0) is 15.8 Å². The summed E-state index contributed by atoms with van der Waals surface area (Å²) >= 11 is 0. The van der Waals surface area contributed by atoms with Gasteiger partial charge in [-0.2, -0.15) is 0 Å². The largest absolute Gasteiger partial charge is 0.438 e. The van der Waals surface area contributed by atoms with Crippen molar-refractivity contribution in [1.82, 2.24) is 10.3 Å². The predicted molar refractivity (Wildman–Crippen MR) is 108 cm³/mol. The number of carbonyl (C=O) groups excluding carboxylic acids is 1. The normalized spacial score (nSPS) is 15.7. The van der Waals surface area contributed by atoms with Crippen LogP contribution in [0, 0.1) is 5.92 Å². The number of halogens is 2. The summed E-state index contributed by atoms with van der Waals surface area (Å²) in [7, 11) is -3.34. The van der Waals surface area contributed by atoms with Crippen LogP contribution in [0.15, 0.2) is 53.9 Å². The van der Waals surface area contributed by atoms with Crippen LogP contribution in [0.5, 0.6) is 11.6 Å². The molecule has 1 amide bonds. The molecular formula is C21H22F2N2O4S. The topological polar surface area (TPSA) is 85.4 Å². The van der Waals surface area contributed by atoms with E-state index >= 15 is 0 Å². The molecule has 1 heterocycles. The molecule has 1 aliphatic rings. The molecule has 3 rings (SSSR count). The second-order valence-corrected chi connectivity index (χ2v) is 9.28. The Morgan fingerprint density at radius 2 is 1.90 bits per heavy atom. The van der Waals surface area contributed by atoms with Crippen LogP contribution in [0.1, 0.15) is 35.8 Å². The summed E-state index contributed by atoms with van der Waals surface area (Å²) in [6, 6.07) is 10.1. The molecule has 0 unspecified atom stereocenters. The maximum absolute atomic E-state index is 14.0. The molecule has 9 heteroatoms. The van der Waals surface area contributed by atoms with Gasteiger partial charge in [-0.05, 0) is 43.0 Å². The van der Waals surface area contributed by atoms with Crippen molar-refractivity contribution in [2.24, 2.45) is 5.92 Å². The van der Waals surface area contributed by atoms with Crippen LogP contribution >= 0.6 is 0 Å². The van der Waals surface area contributed by atoms with E-state index in [2.05, 4.69) is 10.3 Å². The van der Waals surface area contributed by atoms with Crippen molar-refractivity contribution < 1.29 is 26.7 Å². The quantitative estimate of drug-likeness (QED) is 0.675. The molecule has 1 aliphatic carbocycles. The smallest absolute Gasteiger partial charge is 0.275 e. The van der Waals surface area contributed by atoms with Gasteiger partial charge < -0.3 is 10.1 Å². The van der Waals surface area contributed by atoms with Crippen molar-refractivity contribution in [2.45, 2.75) is 31.7 Å². The molecule has 1 atom stereocenters. The van der Waals surface area contributed by atoms with Gasteiger partial charge in [0.05, 0.1) is 11.6 Å². The van der Waals surface area contributed by atoms with Gasteiger partial charge in [-0.15, -0.1) is 0 Å². The zero-order valence-corrected chi connectivity index (χ0v) is 17.3. The molecule has 1 saturated carbocycles. The van der Waals surface area contributed by atoms with E-state index in [-0.39, 0.29) is 17.5 Å². The van der Waals surface area contributed by atoms with E-state index in [0.717, 1.165) is 37.5 Å². The van der Waals surface area contributed by atoms with Gasteiger partial charge in [-0.1, -0.05) is 24.3 Å². The van der Waals surface area contributed by atoms with Crippen LogP contribution in [0.2, 0.25) is 0 Å². The van der Waals surface area contributed by atoms with Gasteiger partial charge in [-0.25, -0.2) is 22.2 Å². The van der Waals surface area contributed by atoms with Gasteiger partial charge in [0.25, 0.3) is 11.8 Å². The number of ether oxygens (including phenoxy) is 1. The third kappa shape index (κ3) is 6.09.